The van der Waals surface area contributed by atoms with E-state index in [1.807, 2.05) is 27.7 Å². The molecule has 446 valence electrons. The molecule has 1 saturated carbocycles. The summed E-state index contributed by atoms with van der Waals surface area (Å²) in [6.07, 6.45) is 0.274. The molecule has 10 atom stereocenters. The van der Waals surface area contributed by atoms with Crippen molar-refractivity contribution in [2.24, 2.45) is 29.6 Å². The quantitative estimate of drug-likeness (QED) is 0.0590. The molecule has 0 unspecified atom stereocenters. The number of carboxylic acids is 1. The Morgan fingerprint density at radius 2 is 1.41 bits per heavy atom. The highest BCUT2D eigenvalue weighted by atomic mass is 32.2. The first-order chi connectivity index (χ1) is 37.0. The van der Waals surface area contributed by atoms with Gasteiger partial charge in [0, 0.05) is 53.4 Å². The number of carbonyl (C=O) groups excluding carboxylic acids is 8. The van der Waals surface area contributed by atoms with Crippen molar-refractivity contribution in [1.82, 2.24) is 35.4 Å². The van der Waals surface area contributed by atoms with Crippen LogP contribution in [0.15, 0.2) is 24.3 Å². The number of anilines is 1. The van der Waals surface area contributed by atoms with Gasteiger partial charge in [-0.25, -0.2) is 13.2 Å². The van der Waals surface area contributed by atoms with Crippen LogP contribution in [-0.2, 0) is 69.2 Å². The molecule has 1 aromatic rings. The van der Waals surface area contributed by atoms with Crippen molar-refractivity contribution in [3.8, 4) is 0 Å². The lowest BCUT2D eigenvalue weighted by atomic mass is 9.89. The third kappa shape index (κ3) is 20.0. The van der Waals surface area contributed by atoms with Gasteiger partial charge in [0.1, 0.15) is 30.8 Å². The maximum atomic E-state index is 14.7. The number of ether oxygens (including phenoxy) is 3. The molecule has 8 amide bonds. The Hall–Kier alpha value is -5.88. The summed E-state index contributed by atoms with van der Waals surface area (Å²) in [6, 6.07) is 1.13. The van der Waals surface area contributed by atoms with Crippen molar-refractivity contribution in [3.63, 3.8) is 0 Å². The van der Waals surface area contributed by atoms with Gasteiger partial charge < -0.3 is 50.4 Å². The number of hydrogen-bond acceptors (Lipinski definition) is 14. The van der Waals surface area contributed by atoms with Crippen LogP contribution in [0.1, 0.15) is 139 Å². The van der Waals surface area contributed by atoms with E-state index >= 15 is 0 Å². The van der Waals surface area contributed by atoms with E-state index in [1.165, 1.54) is 38.0 Å². The average Bonchev–Trinajstić information content (AvgIpc) is 4.18. The number of rotatable bonds is 32. The fraction of sp³-hybridized carbons (Fsp3) is 0.727. The topological polar surface area (TPSA) is 306 Å². The van der Waals surface area contributed by atoms with E-state index in [0.717, 1.165) is 0 Å². The molecule has 2 fully saturated rings. The van der Waals surface area contributed by atoms with Gasteiger partial charge in [0.05, 0.1) is 41.9 Å². The highest BCUT2D eigenvalue weighted by Crippen LogP contribution is 2.31. The van der Waals surface area contributed by atoms with Crippen LogP contribution in [0.2, 0.25) is 0 Å². The van der Waals surface area contributed by atoms with E-state index in [4.69, 9.17) is 19.3 Å². The predicted octanol–water partition coefficient (Wildman–Crippen LogP) is 4.18. The van der Waals surface area contributed by atoms with Crippen LogP contribution in [-0.4, -0.2) is 170 Å². The number of likely N-dealkylation sites (N-methyl/N-ethyl adjacent to an activating group) is 2. The number of nitrogens with one attached hydrogen (secondary N) is 5. The fourth-order valence-electron chi connectivity index (χ4n) is 9.96. The Morgan fingerprint density at radius 1 is 0.772 bits per heavy atom. The first kappa shape index (κ1) is 67.4. The monoisotopic (exact) mass is 1130 g/mol. The molecule has 0 bridgehead atoms. The summed E-state index contributed by atoms with van der Waals surface area (Å²) >= 11 is 0. The average molecular weight is 1140 g/mol. The van der Waals surface area contributed by atoms with Crippen LogP contribution in [0.3, 0.4) is 0 Å². The molecule has 0 aromatic heterocycles. The highest BCUT2D eigenvalue weighted by Gasteiger charge is 2.45. The highest BCUT2D eigenvalue weighted by molar-refractivity contribution is 7.90. The van der Waals surface area contributed by atoms with E-state index in [-0.39, 0.29) is 56.5 Å². The predicted molar refractivity (Wildman–Crippen MR) is 295 cm³/mol. The summed E-state index contributed by atoms with van der Waals surface area (Å²) in [5.41, 5.74) is 0.981. The second-order valence-electron chi connectivity index (χ2n) is 22.3. The molecule has 24 heteroatoms. The standard InChI is InChI=1S/C55H90N8O15S/c1-15-34(8)48(42(76-13)29-44(65)63-27-17-18-41(63)49(77-14)35(9)50(68)58-40(28-31(2)3)52(70)60-79(74,75)39-25-26-39)61(11)54(72)46(32(4)5)59-53(71)47(33(6)7)62(12)55(73)78-30-37-21-23-38(24-22-37)57-51(69)36(10)56-43(64)19-16-20-45(66)67/h21-24,31-36,39-42,46-49H,15-20,25-30H2,1-14H3,(H,56,64)(H,57,69)(H,58,68)(H,59,71)(H,60,70)(H,66,67)/t34-,35+,36-,40-,41-,42+,46-,47-,48-,49+/m0/s1. The molecule has 1 heterocycles. The van der Waals surface area contributed by atoms with Gasteiger partial charge in [0.2, 0.25) is 45.5 Å². The van der Waals surface area contributed by atoms with Crippen molar-refractivity contribution < 1.29 is 70.9 Å². The van der Waals surface area contributed by atoms with Crippen LogP contribution >= 0.6 is 0 Å². The molecule has 23 nitrogen and oxygen atoms in total. The van der Waals surface area contributed by atoms with E-state index in [0.29, 0.717) is 49.9 Å². The van der Waals surface area contributed by atoms with Gasteiger partial charge in [-0.2, -0.15) is 0 Å². The zero-order valence-corrected chi connectivity index (χ0v) is 49.6. The molecular weight excluding hydrogens is 1040 g/mol. The lowest BCUT2D eigenvalue weighted by Gasteiger charge is -2.41. The summed E-state index contributed by atoms with van der Waals surface area (Å²) in [4.78, 5) is 124. The molecule has 3 rings (SSSR count). The zero-order chi connectivity index (χ0) is 59.6. The first-order valence-electron chi connectivity index (χ1n) is 27.6. The number of amides is 8. The number of benzene rings is 1. The Kier molecular flexibility index (Phi) is 26.6. The molecule has 1 aliphatic heterocycles. The number of methoxy groups -OCH3 is 2. The molecular formula is C55H90N8O15S. The first-order valence-corrected chi connectivity index (χ1v) is 29.1. The number of hydrogen-bond donors (Lipinski definition) is 6. The van der Waals surface area contributed by atoms with E-state index in [1.54, 1.807) is 70.8 Å². The molecule has 79 heavy (non-hydrogen) atoms. The van der Waals surface area contributed by atoms with Gasteiger partial charge in [0.15, 0.2) is 0 Å². The maximum absolute atomic E-state index is 14.7. The summed E-state index contributed by atoms with van der Waals surface area (Å²) in [7, 11) is 2.11. The minimum Gasteiger partial charge on any atom is -0.481 e. The minimum absolute atomic E-state index is 0.0360. The third-order valence-electron chi connectivity index (χ3n) is 14.8. The summed E-state index contributed by atoms with van der Waals surface area (Å²) in [6.45, 7) is 18.1. The summed E-state index contributed by atoms with van der Waals surface area (Å²) in [5, 5.41) is 19.1. The molecule has 1 saturated heterocycles. The van der Waals surface area contributed by atoms with Gasteiger partial charge >= 0.3 is 12.1 Å². The van der Waals surface area contributed by atoms with Crippen molar-refractivity contribution in [2.45, 2.75) is 194 Å². The Morgan fingerprint density at radius 3 is 1.94 bits per heavy atom. The zero-order valence-electron chi connectivity index (χ0n) is 48.8. The number of likely N-dealkylation sites (tertiary alicyclic amines) is 1. The fourth-order valence-corrected chi connectivity index (χ4v) is 11.3. The number of sulfonamides is 1. The van der Waals surface area contributed by atoms with Crippen LogP contribution in [0.5, 0.6) is 0 Å². The van der Waals surface area contributed by atoms with E-state index < -0.39 is 129 Å². The Labute approximate surface area is 467 Å². The van der Waals surface area contributed by atoms with Crippen LogP contribution in [0.4, 0.5) is 10.5 Å². The minimum atomic E-state index is -3.86. The van der Waals surface area contributed by atoms with Crippen LogP contribution < -0.4 is 26.0 Å². The largest absolute Gasteiger partial charge is 0.481 e. The van der Waals surface area contributed by atoms with Gasteiger partial charge in [0.25, 0.3) is 5.91 Å². The van der Waals surface area contributed by atoms with E-state index in [2.05, 4.69) is 26.0 Å². The van der Waals surface area contributed by atoms with Gasteiger partial charge in [-0.1, -0.05) is 80.9 Å². The van der Waals surface area contributed by atoms with Crippen molar-refractivity contribution in [2.75, 3.05) is 40.2 Å². The number of carbonyl (C=O) groups is 9. The Bertz CT molecular complexity index is 2370. The normalized spacial score (nSPS) is 18.0. The van der Waals surface area contributed by atoms with E-state index in [9.17, 15) is 51.6 Å². The van der Waals surface area contributed by atoms with Crippen molar-refractivity contribution >= 4 is 69.1 Å². The second-order valence-corrected chi connectivity index (χ2v) is 24.3. The summed E-state index contributed by atoms with van der Waals surface area (Å²) < 4.78 is 45.0. The second kappa shape index (κ2) is 31.2. The molecule has 2 aliphatic rings. The van der Waals surface area contributed by atoms with Crippen LogP contribution in [0.25, 0.3) is 0 Å². The lowest BCUT2D eigenvalue weighted by Crippen LogP contribution is -2.60. The molecule has 0 radical (unpaired) electrons. The van der Waals surface area contributed by atoms with Gasteiger partial charge in [-0.15, -0.1) is 0 Å². The molecule has 0 spiro atoms. The molecule has 1 aliphatic carbocycles. The number of carboxylic acid groups (broad SMARTS) is 1. The smallest absolute Gasteiger partial charge is 0.410 e. The van der Waals surface area contributed by atoms with Gasteiger partial charge in [-0.3, -0.25) is 48.0 Å². The lowest BCUT2D eigenvalue weighted by molar-refractivity contribution is -0.148. The Balaban J connectivity index is 1.70. The summed E-state index contributed by atoms with van der Waals surface area (Å²) in [5.74, 6) is -6.55. The van der Waals surface area contributed by atoms with Crippen molar-refractivity contribution in [1.29, 1.82) is 0 Å². The number of aliphatic carboxylic acids is 1. The van der Waals surface area contributed by atoms with Gasteiger partial charge in [-0.05, 0) is 86.8 Å². The SMILES string of the molecule is CC[C@H](C)[C@@H]([C@@H](CC(=O)N1CCC[C@H]1[C@H](OC)[C@@H](C)C(=O)N[C@@H](CC(C)C)C(=O)NS(=O)(=O)C1CC1)OC)N(C)C(=O)[C@@H](NC(=O)[C@H](C(C)C)N(C)C(=O)OCc1ccc(NC(=O)[C@H](C)NC(=O)CCCC(=O)O)cc1)C(C)C. The van der Waals surface area contributed by atoms with Crippen molar-refractivity contribution in [3.05, 3.63) is 29.8 Å². The van der Waals surface area contributed by atoms with Crippen LogP contribution in [0, 0.1) is 29.6 Å². The number of nitrogens with zero attached hydrogens (tertiary/aromatic N) is 3. The third-order valence-corrected chi connectivity index (χ3v) is 16.6. The molecule has 1 aromatic carbocycles. The molecule has 6 N–H and O–H groups in total. The maximum Gasteiger partial charge on any atom is 0.410 e.